The van der Waals surface area contributed by atoms with Crippen LogP contribution in [0.4, 0.5) is 0 Å². The van der Waals surface area contributed by atoms with Gasteiger partial charge < -0.3 is 24.0 Å². The SMILES string of the molecule is CN1CCN(CCCOc2ccc(C3O[C@H](c4ccccc4)[C@@H](c4ccccc4)O3)cc2)CC1. The number of likely N-dealkylation sites (N-methyl/N-ethyl adjacent to an activating group) is 1. The summed E-state index contributed by atoms with van der Waals surface area (Å²) in [5.41, 5.74) is 3.25. The van der Waals surface area contributed by atoms with Crippen molar-refractivity contribution in [3.05, 3.63) is 102 Å². The molecule has 0 spiro atoms. The zero-order valence-corrected chi connectivity index (χ0v) is 19.9. The fraction of sp³-hybridized carbons (Fsp3) is 0.379. The molecule has 5 rings (SSSR count). The van der Waals surface area contributed by atoms with Gasteiger partial charge in [0.25, 0.3) is 0 Å². The van der Waals surface area contributed by atoms with Gasteiger partial charge >= 0.3 is 0 Å². The lowest BCUT2D eigenvalue weighted by Gasteiger charge is -2.32. The maximum atomic E-state index is 6.44. The summed E-state index contributed by atoms with van der Waals surface area (Å²) >= 11 is 0. The Morgan fingerprint density at radius 3 is 1.82 bits per heavy atom. The van der Waals surface area contributed by atoms with Crippen LogP contribution in [0.2, 0.25) is 0 Å². The molecule has 0 unspecified atom stereocenters. The van der Waals surface area contributed by atoms with E-state index in [0.29, 0.717) is 0 Å². The van der Waals surface area contributed by atoms with Crippen molar-refractivity contribution in [3.8, 4) is 5.75 Å². The zero-order valence-electron chi connectivity index (χ0n) is 19.9. The summed E-state index contributed by atoms with van der Waals surface area (Å²) < 4.78 is 18.9. The molecule has 34 heavy (non-hydrogen) atoms. The van der Waals surface area contributed by atoms with Crippen LogP contribution in [0.3, 0.4) is 0 Å². The molecule has 3 aromatic rings. The second-order valence-electron chi connectivity index (χ2n) is 9.18. The predicted octanol–water partition coefficient (Wildman–Crippen LogP) is 5.23. The van der Waals surface area contributed by atoms with Gasteiger partial charge in [-0.1, -0.05) is 72.8 Å². The number of ether oxygens (including phenoxy) is 3. The third-order valence-corrected chi connectivity index (χ3v) is 6.71. The van der Waals surface area contributed by atoms with Gasteiger partial charge in [-0.05, 0) is 36.7 Å². The van der Waals surface area contributed by atoms with Crippen LogP contribution in [0.5, 0.6) is 5.75 Å². The molecule has 2 saturated heterocycles. The molecule has 2 fully saturated rings. The van der Waals surface area contributed by atoms with Crippen LogP contribution >= 0.6 is 0 Å². The van der Waals surface area contributed by atoms with Crippen molar-refractivity contribution in [1.29, 1.82) is 0 Å². The molecule has 5 nitrogen and oxygen atoms in total. The summed E-state index contributed by atoms with van der Waals surface area (Å²) in [4.78, 5) is 4.91. The van der Waals surface area contributed by atoms with Crippen molar-refractivity contribution in [3.63, 3.8) is 0 Å². The molecular weight excluding hydrogens is 424 g/mol. The smallest absolute Gasteiger partial charge is 0.185 e. The molecule has 0 bridgehead atoms. The first-order valence-electron chi connectivity index (χ1n) is 12.3. The van der Waals surface area contributed by atoms with Crippen LogP contribution in [-0.2, 0) is 9.47 Å². The largest absolute Gasteiger partial charge is 0.494 e. The molecule has 0 amide bonds. The van der Waals surface area contributed by atoms with Gasteiger partial charge in [-0.25, -0.2) is 0 Å². The molecule has 2 heterocycles. The standard InChI is InChI=1S/C29H34N2O3/c1-30-18-20-31(21-19-30)17-8-22-32-26-15-13-25(14-16-26)29-33-27(23-9-4-2-5-10-23)28(34-29)24-11-6-3-7-12-24/h2-7,9-16,27-29H,8,17-22H2,1H3/t27-,28-/m1/s1. The van der Waals surface area contributed by atoms with E-state index in [-0.39, 0.29) is 12.2 Å². The first-order valence-corrected chi connectivity index (χ1v) is 12.3. The van der Waals surface area contributed by atoms with Crippen LogP contribution in [0, 0.1) is 0 Å². The average molecular weight is 459 g/mol. The molecule has 0 saturated carbocycles. The van der Waals surface area contributed by atoms with Crippen molar-refractivity contribution in [2.45, 2.75) is 24.9 Å². The zero-order chi connectivity index (χ0) is 23.2. The maximum absolute atomic E-state index is 6.44. The number of benzene rings is 3. The molecule has 178 valence electrons. The van der Waals surface area contributed by atoms with Crippen molar-refractivity contribution in [2.75, 3.05) is 46.4 Å². The lowest BCUT2D eigenvalue weighted by atomic mass is 9.99. The van der Waals surface area contributed by atoms with Gasteiger partial charge in [0, 0.05) is 38.3 Å². The third kappa shape index (κ3) is 5.68. The third-order valence-electron chi connectivity index (χ3n) is 6.71. The number of rotatable bonds is 8. The Morgan fingerprint density at radius 2 is 1.26 bits per heavy atom. The fourth-order valence-electron chi connectivity index (χ4n) is 4.66. The Labute approximate surface area is 202 Å². The molecule has 0 aromatic heterocycles. The lowest BCUT2D eigenvalue weighted by molar-refractivity contribution is -0.0698. The first-order chi connectivity index (χ1) is 16.8. The number of hydrogen-bond donors (Lipinski definition) is 0. The van der Waals surface area contributed by atoms with E-state index in [1.54, 1.807) is 0 Å². The minimum absolute atomic E-state index is 0.154. The minimum Gasteiger partial charge on any atom is -0.494 e. The Kier molecular flexibility index (Phi) is 7.56. The van der Waals surface area contributed by atoms with E-state index in [2.05, 4.69) is 53.2 Å². The molecule has 5 heteroatoms. The highest BCUT2D eigenvalue weighted by Gasteiger charge is 2.38. The molecule has 2 aliphatic heterocycles. The Morgan fingerprint density at radius 1 is 0.706 bits per heavy atom. The van der Waals surface area contributed by atoms with E-state index in [4.69, 9.17) is 14.2 Å². The van der Waals surface area contributed by atoms with E-state index in [0.717, 1.165) is 68.2 Å². The Balaban J connectivity index is 1.18. The second-order valence-corrected chi connectivity index (χ2v) is 9.18. The van der Waals surface area contributed by atoms with Gasteiger partial charge in [-0.3, -0.25) is 0 Å². The Hall–Kier alpha value is -2.70. The molecule has 2 aliphatic rings. The van der Waals surface area contributed by atoms with Gasteiger partial charge in [0.15, 0.2) is 6.29 Å². The molecule has 0 N–H and O–H groups in total. The average Bonchev–Trinajstić information content (AvgIpc) is 3.35. The molecule has 3 aromatic carbocycles. The molecule has 2 atom stereocenters. The topological polar surface area (TPSA) is 34.2 Å². The molecule has 0 radical (unpaired) electrons. The minimum atomic E-state index is -0.415. The van der Waals surface area contributed by atoms with Crippen LogP contribution in [0.25, 0.3) is 0 Å². The van der Waals surface area contributed by atoms with E-state index in [9.17, 15) is 0 Å². The number of piperazine rings is 1. The molecule has 0 aliphatic carbocycles. The van der Waals surface area contributed by atoms with Gasteiger partial charge in [0.2, 0.25) is 0 Å². The Bertz CT molecular complexity index is 957. The maximum Gasteiger partial charge on any atom is 0.185 e. The van der Waals surface area contributed by atoms with E-state index in [1.165, 1.54) is 0 Å². The fourth-order valence-corrected chi connectivity index (χ4v) is 4.66. The van der Waals surface area contributed by atoms with Gasteiger partial charge in [-0.15, -0.1) is 0 Å². The highest BCUT2D eigenvalue weighted by molar-refractivity contribution is 5.30. The second kappa shape index (κ2) is 11.2. The number of nitrogens with zero attached hydrogens (tertiary/aromatic N) is 2. The van der Waals surface area contributed by atoms with E-state index in [1.807, 2.05) is 48.5 Å². The van der Waals surface area contributed by atoms with Crippen molar-refractivity contribution < 1.29 is 14.2 Å². The summed E-state index contributed by atoms with van der Waals surface area (Å²) in [6.45, 7) is 6.44. The van der Waals surface area contributed by atoms with Gasteiger partial charge in [0.05, 0.1) is 6.61 Å². The summed E-state index contributed by atoms with van der Waals surface area (Å²) in [5.74, 6) is 0.888. The van der Waals surface area contributed by atoms with Crippen LogP contribution in [-0.4, -0.2) is 56.2 Å². The van der Waals surface area contributed by atoms with Gasteiger partial charge in [0.1, 0.15) is 18.0 Å². The highest BCUT2D eigenvalue weighted by atomic mass is 16.7. The monoisotopic (exact) mass is 458 g/mol. The summed E-state index contributed by atoms with van der Waals surface area (Å²) in [6, 6.07) is 28.8. The van der Waals surface area contributed by atoms with Crippen LogP contribution in [0.1, 0.15) is 41.6 Å². The van der Waals surface area contributed by atoms with Crippen LogP contribution in [0.15, 0.2) is 84.9 Å². The quantitative estimate of drug-likeness (QED) is 0.432. The number of hydrogen-bond acceptors (Lipinski definition) is 5. The lowest BCUT2D eigenvalue weighted by Crippen LogP contribution is -2.44. The van der Waals surface area contributed by atoms with E-state index < -0.39 is 6.29 Å². The summed E-state index contributed by atoms with van der Waals surface area (Å²) in [6.07, 6.45) is 0.317. The predicted molar refractivity (Wildman–Crippen MR) is 134 cm³/mol. The summed E-state index contributed by atoms with van der Waals surface area (Å²) in [7, 11) is 2.19. The van der Waals surface area contributed by atoms with Crippen LogP contribution < -0.4 is 4.74 Å². The van der Waals surface area contributed by atoms with Gasteiger partial charge in [-0.2, -0.15) is 0 Å². The summed E-state index contributed by atoms with van der Waals surface area (Å²) in [5, 5.41) is 0. The van der Waals surface area contributed by atoms with Crippen molar-refractivity contribution >= 4 is 0 Å². The highest BCUT2D eigenvalue weighted by Crippen LogP contribution is 2.47. The first kappa shape index (κ1) is 23.1. The normalized spacial score (nSPS) is 22.1. The van der Waals surface area contributed by atoms with Crippen molar-refractivity contribution in [1.82, 2.24) is 9.80 Å². The van der Waals surface area contributed by atoms with E-state index >= 15 is 0 Å². The van der Waals surface area contributed by atoms with Crippen molar-refractivity contribution in [2.24, 2.45) is 0 Å². The molecular formula is C29H34N2O3.